The third-order valence-corrected chi connectivity index (χ3v) is 4.25. The molecule has 0 amide bonds. The molecule has 3 heterocycles. The molecule has 2 atom stereocenters. The summed E-state index contributed by atoms with van der Waals surface area (Å²) in [7, 11) is 0. The van der Waals surface area contributed by atoms with Crippen molar-refractivity contribution < 1.29 is 4.84 Å². The lowest BCUT2D eigenvalue weighted by Crippen LogP contribution is -2.40. The van der Waals surface area contributed by atoms with E-state index >= 15 is 0 Å². The number of nitrogens with zero attached hydrogens (tertiary/aromatic N) is 2. The fourth-order valence-electron chi connectivity index (χ4n) is 3.18. The highest BCUT2D eigenvalue weighted by molar-refractivity contribution is 6.03. The van der Waals surface area contributed by atoms with Crippen LogP contribution in [-0.4, -0.2) is 43.0 Å². The Kier molecular flexibility index (Phi) is 3.66. The first-order valence-corrected chi connectivity index (χ1v) is 7.28. The standard InChI is InChI=1S/C14H23N3O/c1-2-17-9-5-6-11(10-17)13-12-7-3-4-8-15-14(12)18-16-13/h7,11,14-15H,2-6,8-10H2,1H3. The third kappa shape index (κ3) is 2.31. The molecule has 0 bridgehead atoms. The summed E-state index contributed by atoms with van der Waals surface area (Å²) in [5.41, 5.74) is 2.53. The van der Waals surface area contributed by atoms with Gasteiger partial charge in [-0.25, -0.2) is 0 Å². The zero-order chi connectivity index (χ0) is 12.4. The molecule has 1 fully saturated rings. The normalized spacial score (nSPS) is 33.2. The van der Waals surface area contributed by atoms with E-state index in [4.69, 9.17) is 4.84 Å². The number of likely N-dealkylation sites (tertiary alicyclic amines) is 1. The number of hydrogen-bond acceptors (Lipinski definition) is 4. The van der Waals surface area contributed by atoms with Crippen LogP contribution in [0, 0.1) is 5.92 Å². The van der Waals surface area contributed by atoms with Crippen LogP contribution in [0.4, 0.5) is 0 Å². The molecule has 2 unspecified atom stereocenters. The minimum absolute atomic E-state index is 0.0273. The van der Waals surface area contributed by atoms with Crippen molar-refractivity contribution in [2.24, 2.45) is 11.1 Å². The highest BCUT2D eigenvalue weighted by atomic mass is 16.7. The zero-order valence-corrected chi connectivity index (χ0v) is 11.2. The molecule has 0 aromatic carbocycles. The summed E-state index contributed by atoms with van der Waals surface area (Å²) < 4.78 is 0. The molecule has 4 nitrogen and oxygen atoms in total. The molecule has 100 valence electrons. The van der Waals surface area contributed by atoms with Crippen LogP contribution in [-0.2, 0) is 4.84 Å². The maximum atomic E-state index is 5.56. The van der Waals surface area contributed by atoms with E-state index in [1.54, 1.807) is 0 Å². The minimum Gasteiger partial charge on any atom is -0.371 e. The molecule has 0 radical (unpaired) electrons. The predicted octanol–water partition coefficient (Wildman–Crippen LogP) is 1.74. The van der Waals surface area contributed by atoms with Gasteiger partial charge in [0.25, 0.3) is 0 Å². The fraction of sp³-hybridized carbons (Fsp3) is 0.786. The lowest BCUT2D eigenvalue weighted by atomic mass is 9.88. The van der Waals surface area contributed by atoms with Crippen molar-refractivity contribution in [3.05, 3.63) is 11.6 Å². The fourth-order valence-corrected chi connectivity index (χ4v) is 3.18. The molecule has 1 saturated heterocycles. The maximum Gasteiger partial charge on any atom is 0.206 e. The van der Waals surface area contributed by atoms with Gasteiger partial charge in [0.15, 0.2) is 0 Å². The molecular weight excluding hydrogens is 226 g/mol. The summed E-state index contributed by atoms with van der Waals surface area (Å²) >= 11 is 0. The molecule has 1 N–H and O–H groups in total. The van der Waals surface area contributed by atoms with Gasteiger partial charge in [-0.3, -0.25) is 5.32 Å². The first kappa shape index (κ1) is 12.2. The molecule has 3 aliphatic heterocycles. The van der Waals surface area contributed by atoms with Crippen molar-refractivity contribution in [1.82, 2.24) is 10.2 Å². The summed E-state index contributed by atoms with van der Waals surface area (Å²) in [4.78, 5) is 8.08. The van der Waals surface area contributed by atoms with Crippen molar-refractivity contribution in [3.8, 4) is 0 Å². The average Bonchev–Trinajstić information content (AvgIpc) is 2.68. The van der Waals surface area contributed by atoms with E-state index in [1.807, 2.05) is 0 Å². The quantitative estimate of drug-likeness (QED) is 0.810. The van der Waals surface area contributed by atoms with Crippen molar-refractivity contribution >= 4 is 5.71 Å². The van der Waals surface area contributed by atoms with Crippen molar-refractivity contribution in [1.29, 1.82) is 0 Å². The van der Waals surface area contributed by atoms with Gasteiger partial charge in [-0.05, 0) is 45.3 Å². The second kappa shape index (κ2) is 5.41. The Balaban J connectivity index is 1.73. The number of hydrogen-bond donors (Lipinski definition) is 1. The number of oxime groups is 1. The summed E-state index contributed by atoms with van der Waals surface area (Å²) in [6.07, 6.45) is 7.24. The Morgan fingerprint density at radius 3 is 3.33 bits per heavy atom. The van der Waals surface area contributed by atoms with Crippen LogP contribution in [0.1, 0.15) is 32.6 Å². The second-order valence-corrected chi connectivity index (χ2v) is 5.45. The summed E-state index contributed by atoms with van der Waals surface area (Å²) in [6.45, 7) is 6.79. The second-order valence-electron chi connectivity index (χ2n) is 5.45. The topological polar surface area (TPSA) is 36.9 Å². The first-order valence-electron chi connectivity index (χ1n) is 7.28. The number of fused-ring (bicyclic) bond motifs is 1. The van der Waals surface area contributed by atoms with Crippen LogP contribution >= 0.6 is 0 Å². The van der Waals surface area contributed by atoms with Gasteiger partial charge in [0, 0.05) is 18.0 Å². The molecular formula is C14H23N3O. The Labute approximate surface area is 109 Å². The Hall–Kier alpha value is -0.870. The Morgan fingerprint density at radius 1 is 1.50 bits per heavy atom. The van der Waals surface area contributed by atoms with E-state index in [2.05, 4.69) is 28.4 Å². The SMILES string of the molecule is CCN1CCCC(C2=NOC3NCCCC=C23)C1. The lowest BCUT2D eigenvalue weighted by molar-refractivity contribution is 0.0804. The molecule has 0 saturated carbocycles. The number of rotatable bonds is 2. The van der Waals surface area contributed by atoms with Crippen LogP contribution in [0.2, 0.25) is 0 Å². The Bertz CT molecular complexity index is 364. The van der Waals surface area contributed by atoms with Gasteiger partial charge in [0.2, 0.25) is 6.23 Å². The van der Waals surface area contributed by atoms with Gasteiger partial charge in [0.05, 0.1) is 5.71 Å². The number of nitrogens with one attached hydrogen (secondary N) is 1. The van der Waals surface area contributed by atoms with E-state index in [-0.39, 0.29) is 6.23 Å². The third-order valence-electron chi connectivity index (χ3n) is 4.25. The van der Waals surface area contributed by atoms with Gasteiger partial charge in [-0.1, -0.05) is 18.2 Å². The zero-order valence-electron chi connectivity index (χ0n) is 11.2. The average molecular weight is 249 g/mol. The molecule has 18 heavy (non-hydrogen) atoms. The summed E-state index contributed by atoms with van der Waals surface area (Å²) in [6, 6.07) is 0. The van der Waals surface area contributed by atoms with Gasteiger partial charge in [-0.15, -0.1) is 0 Å². The first-order chi connectivity index (χ1) is 8.88. The summed E-state index contributed by atoms with van der Waals surface area (Å²) in [5, 5.41) is 7.79. The molecule has 0 aromatic heterocycles. The van der Waals surface area contributed by atoms with E-state index in [9.17, 15) is 0 Å². The molecule has 3 aliphatic rings. The highest BCUT2D eigenvalue weighted by Crippen LogP contribution is 2.28. The molecule has 4 heteroatoms. The van der Waals surface area contributed by atoms with Crippen molar-refractivity contribution in [3.63, 3.8) is 0 Å². The molecule has 3 rings (SSSR count). The smallest absolute Gasteiger partial charge is 0.206 e. The van der Waals surface area contributed by atoms with E-state index in [1.165, 1.54) is 37.1 Å². The predicted molar refractivity (Wildman–Crippen MR) is 72.5 cm³/mol. The maximum absolute atomic E-state index is 5.56. The molecule has 0 aliphatic carbocycles. The van der Waals surface area contributed by atoms with Crippen molar-refractivity contribution in [2.45, 2.75) is 38.8 Å². The van der Waals surface area contributed by atoms with Crippen LogP contribution in [0.3, 0.4) is 0 Å². The van der Waals surface area contributed by atoms with Crippen molar-refractivity contribution in [2.75, 3.05) is 26.2 Å². The Morgan fingerprint density at radius 2 is 2.44 bits per heavy atom. The van der Waals surface area contributed by atoms with Crippen LogP contribution in [0.5, 0.6) is 0 Å². The van der Waals surface area contributed by atoms with Crippen LogP contribution in [0.15, 0.2) is 16.8 Å². The van der Waals surface area contributed by atoms with Crippen LogP contribution < -0.4 is 5.32 Å². The largest absolute Gasteiger partial charge is 0.371 e. The molecule has 0 spiro atoms. The number of allylic oxidation sites excluding steroid dienone is 1. The highest BCUT2D eigenvalue weighted by Gasteiger charge is 2.34. The van der Waals surface area contributed by atoms with Crippen LogP contribution in [0.25, 0.3) is 0 Å². The number of piperidine rings is 1. The van der Waals surface area contributed by atoms with E-state index in [0.29, 0.717) is 5.92 Å². The van der Waals surface area contributed by atoms with Gasteiger partial charge in [0.1, 0.15) is 0 Å². The lowest BCUT2D eigenvalue weighted by Gasteiger charge is -2.31. The van der Waals surface area contributed by atoms with Gasteiger partial charge in [-0.2, -0.15) is 0 Å². The summed E-state index contributed by atoms with van der Waals surface area (Å²) in [5.74, 6) is 0.565. The van der Waals surface area contributed by atoms with Gasteiger partial charge < -0.3 is 9.74 Å². The van der Waals surface area contributed by atoms with E-state index < -0.39 is 0 Å². The van der Waals surface area contributed by atoms with E-state index in [0.717, 1.165) is 26.1 Å². The molecule has 0 aromatic rings. The minimum atomic E-state index is 0.0273. The monoisotopic (exact) mass is 249 g/mol. The van der Waals surface area contributed by atoms with Gasteiger partial charge >= 0.3 is 0 Å².